The zero-order chi connectivity index (χ0) is 25.1. The van der Waals surface area contributed by atoms with Gasteiger partial charge in [0.1, 0.15) is 0 Å². The Morgan fingerprint density at radius 2 is 1.30 bits per heavy atom. The van der Waals surface area contributed by atoms with Gasteiger partial charge in [-0.15, -0.1) is 11.3 Å². The van der Waals surface area contributed by atoms with Crippen LogP contribution in [-0.4, -0.2) is 4.57 Å². The van der Waals surface area contributed by atoms with E-state index in [4.69, 9.17) is 0 Å². The molecule has 0 fully saturated rings. The second-order valence-corrected chi connectivity index (χ2v) is 11.8. The van der Waals surface area contributed by atoms with Gasteiger partial charge in [0.25, 0.3) is 0 Å². The van der Waals surface area contributed by atoms with Gasteiger partial charge in [0.15, 0.2) is 0 Å². The Kier molecular flexibility index (Phi) is 4.92. The average molecular weight is 497 g/mol. The van der Waals surface area contributed by atoms with Crippen LogP contribution in [0.5, 0.6) is 0 Å². The van der Waals surface area contributed by atoms with E-state index in [1.54, 1.807) is 0 Å². The summed E-state index contributed by atoms with van der Waals surface area (Å²) in [6.07, 6.45) is 0. The Hall–Kier alpha value is -4.08. The highest BCUT2D eigenvalue weighted by molar-refractivity contribution is 7.25. The highest BCUT2D eigenvalue weighted by atomic mass is 32.1. The van der Waals surface area contributed by atoms with Crippen LogP contribution < -0.4 is 5.32 Å². The summed E-state index contributed by atoms with van der Waals surface area (Å²) in [4.78, 5) is 0. The predicted octanol–water partition coefficient (Wildman–Crippen LogP) is 10.3. The number of nitrogens with one attached hydrogen (secondary N) is 1. The highest BCUT2D eigenvalue weighted by Crippen LogP contribution is 2.39. The largest absolute Gasteiger partial charge is 0.355 e. The molecule has 0 unspecified atom stereocenters. The number of thiophene rings is 1. The summed E-state index contributed by atoms with van der Waals surface area (Å²) in [6, 6.07) is 39.6. The Morgan fingerprint density at radius 1 is 0.595 bits per heavy atom. The van der Waals surface area contributed by atoms with Crippen LogP contribution in [0.15, 0.2) is 109 Å². The van der Waals surface area contributed by atoms with E-state index in [2.05, 4.69) is 140 Å². The molecular weight excluding hydrogens is 468 g/mol. The van der Waals surface area contributed by atoms with E-state index in [-0.39, 0.29) is 5.54 Å². The number of para-hydroxylation sites is 2. The van der Waals surface area contributed by atoms with Gasteiger partial charge >= 0.3 is 0 Å². The third-order valence-corrected chi connectivity index (χ3v) is 8.39. The molecule has 2 nitrogen and oxygen atoms in total. The fraction of sp³-hybridized carbons (Fsp3) is 0.118. The molecule has 0 radical (unpaired) electrons. The highest BCUT2D eigenvalue weighted by Gasteiger charge is 2.20. The van der Waals surface area contributed by atoms with Gasteiger partial charge in [0.05, 0.1) is 0 Å². The molecule has 180 valence electrons. The summed E-state index contributed by atoms with van der Waals surface area (Å²) in [5.74, 6) is 0. The van der Waals surface area contributed by atoms with Crippen molar-refractivity contribution in [1.82, 2.24) is 4.57 Å². The molecule has 0 spiro atoms. The van der Waals surface area contributed by atoms with E-state index < -0.39 is 0 Å². The zero-order valence-corrected chi connectivity index (χ0v) is 22.1. The number of anilines is 2. The van der Waals surface area contributed by atoms with Crippen molar-refractivity contribution >= 4 is 64.7 Å². The maximum atomic E-state index is 3.73. The predicted molar refractivity (Wildman–Crippen MR) is 162 cm³/mol. The lowest BCUT2D eigenvalue weighted by Gasteiger charge is -2.24. The molecule has 0 aliphatic heterocycles. The van der Waals surface area contributed by atoms with Crippen molar-refractivity contribution in [2.75, 3.05) is 5.32 Å². The molecule has 0 saturated heterocycles. The number of aromatic nitrogens is 1. The summed E-state index contributed by atoms with van der Waals surface area (Å²) in [5, 5.41) is 8.95. The van der Waals surface area contributed by atoms with Crippen molar-refractivity contribution < 1.29 is 0 Å². The number of hydrogen-bond acceptors (Lipinski definition) is 2. The first-order valence-corrected chi connectivity index (χ1v) is 13.6. The number of nitrogens with zero attached hydrogens (tertiary/aromatic N) is 1. The van der Waals surface area contributed by atoms with Gasteiger partial charge in [-0.2, -0.15) is 0 Å². The van der Waals surface area contributed by atoms with Gasteiger partial charge < -0.3 is 9.88 Å². The molecule has 0 saturated carbocycles. The van der Waals surface area contributed by atoms with Crippen molar-refractivity contribution in [2.24, 2.45) is 0 Å². The van der Waals surface area contributed by atoms with Crippen LogP contribution >= 0.6 is 11.3 Å². The fourth-order valence-electron chi connectivity index (χ4n) is 5.67. The topological polar surface area (TPSA) is 17.0 Å². The van der Waals surface area contributed by atoms with E-state index in [1.165, 1.54) is 53.1 Å². The number of benzene rings is 5. The molecule has 2 aromatic heterocycles. The monoisotopic (exact) mass is 496 g/mol. The summed E-state index contributed by atoms with van der Waals surface area (Å²) in [5.41, 5.74) is 7.19. The first-order chi connectivity index (χ1) is 18.0. The molecule has 0 atom stereocenters. The van der Waals surface area contributed by atoms with Gasteiger partial charge in [-0.05, 0) is 74.9 Å². The Balaban J connectivity index is 1.35. The molecule has 0 aliphatic carbocycles. The summed E-state index contributed by atoms with van der Waals surface area (Å²) < 4.78 is 5.12. The summed E-state index contributed by atoms with van der Waals surface area (Å²) >= 11 is 1.85. The van der Waals surface area contributed by atoms with Gasteiger partial charge in [0, 0.05) is 64.5 Å². The lowest BCUT2D eigenvalue weighted by Crippen LogP contribution is -2.21. The van der Waals surface area contributed by atoms with Crippen LogP contribution in [0.4, 0.5) is 11.4 Å². The quantitative estimate of drug-likeness (QED) is 0.257. The minimum absolute atomic E-state index is 0.00714. The Morgan fingerprint density at radius 3 is 2.16 bits per heavy atom. The van der Waals surface area contributed by atoms with Crippen LogP contribution in [0.1, 0.15) is 20.8 Å². The molecule has 7 rings (SSSR count). The van der Waals surface area contributed by atoms with Gasteiger partial charge in [-0.1, -0.05) is 60.7 Å². The second kappa shape index (κ2) is 8.22. The van der Waals surface area contributed by atoms with E-state index in [0.717, 1.165) is 11.4 Å². The van der Waals surface area contributed by atoms with Crippen molar-refractivity contribution in [1.29, 1.82) is 0 Å². The number of rotatable bonds is 3. The van der Waals surface area contributed by atoms with Crippen molar-refractivity contribution in [3.63, 3.8) is 0 Å². The Labute approximate surface area is 220 Å². The van der Waals surface area contributed by atoms with E-state index in [0.29, 0.717) is 0 Å². The molecule has 2 heterocycles. The minimum atomic E-state index is -0.00714. The maximum Gasteiger partial charge on any atom is 0.0496 e. The normalized spacial score (nSPS) is 12.2. The van der Waals surface area contributed by atoms with Crippen LogP contribution in [0, 0.1) is 0 Å². The number of hydrogen-bond donors (Lipinski definition) is 1. The van der Waals surface area contributed by atoms with Crippen molar-refractivity contribution in [3.05, 3.63) is 109 Å². The SMILES string of the molecule is CC(C)(C)n1c2ccccc2c2cc(-c3ccccc3Nc3ccc4sc5ccccc5c4c3)ccc21. The summed E-state index contributed by atoms with van der Waals surface area (Å²) in [6.45, 7) is 6.83. The third-order valence-electron chi connectivity index (χ3n) is 7.24. The summed E-state index contributed by atoms with van der Waals surface area (Å²) in [7, 11) is 0. The molecule has 0 aliphatic rings. The average Bonchev–Trinajstić information content (AvgIpc) is 3.44. The zero-order valence-electron chi connectivity index (χ0n) is 21.2. The van der Waals surface area contributed by atoms with Crippen LogP contribution in [0.25, 0.3) is 53.1 Å². The molecule has 3 heteroatoms. The lowest BCUT2D eigenvalue weighted by molar-refractivity contribution is 0.423. The Bertz CT molecular complexity index is 1950. The molecule has 5 aromatic carbocycles. The molecule has 0 bridgehead atoms. The molecular formula is C34H28N2S. The minimum Gasteiger partial charge on any atom is -0.355 e. The fourth-order valence-corrected chi connectivity index (χ4v) is 6.75. The van der Waals surface area contributed by atoms with Gasteiger partial charge in [0.2, 0.25) is 0 Å². The van der Waals surface area contributed by atoms with Gasteiger partial charge in [-0.25, -0.2) is 0 Å². The molecule has 37 heavy (non-hydrogen) atoms. The van der Waals surface area contributed by atoms with Crippen molar-refractivity contribution in [2.45, 2.75) is 26.3 Å². The first-order valence-electron chi connectivity index (χ1n) is 12.8. The standard InChI is InChI=1S/C34H28N2S/c1-34(2,3)36-30-14-8-5-11-25(30)27-20-22(16-18-31(27)36)24-10-4-7-13-29(24)35-23-17-19-33-28(21-23)26-12-6-9-15-32(26)37-33/h4-21,35H,1-3H3. The maximum absolute atomic E-state index is 3.73. The molecule has 7 aromatic rings. The van der Waals surface area contributed by atoms with E-state index in [9.17, 15) is 0 Å². The first kappa shape index (κ1) is 22.1. The smallest absolute Gasteiger partial charge is 0.0496 e. The van der Waals surface area contributed by atoms with E-state index in [1.807, 2.05) is 11.3 Å². The van der Waals surface area contributed by atoms with Crippen molar-refractivity contribution in [3.8, 4) is 11.1 Å². The molecule has 0 amide bonds. The van der Waals surface area contributed by atoms with Crippen LogP contribution in [0.3, 0.4) is 0 Å². The molecule has 1 N–H and O–H groups in total. The third kappa shape index (κ3) is 3.61. The second-order valence-electron chi connectivity index (χ2n) is 10.7. The lowest BCUT2D eigenvalue weighted by atomic mass is 10.0. The van der Waals surface area contributed by atoms with Gasteiger partial charge in [-0.3, -0.25) is 0 Å². The number of fused-ring (bicyclic) bond motifs is 6. The van der Waals surface area contributed by atoms with Crippen LogP contribution in [0.2, 0.25) is 0 Å². The van der Waals surface area contributed by atoms with Crippen LogP contribution in [-0.2, 0) is 5.54 Å². The van der Waals surface area contributed by atoms with E-state index >= 15 is 0 Å².